The number of carbonyl (C=O) groups excluding carboxylic acids is 1. The Balaban J connectivity index is 2.67. The fraction of sp³-hybridized carbons (Fsp3) is 0.462. The van der Waals surface area contributed by atoms with E-state index in [1.54, 1.807) is 0 Å². The Morgan fingerprint density at radius 2 is 2.12 bits per heavy atom. The van der Waals surface area contributed by atoms with E-state index in [4.69, 9.17) is 5.73 Å². The van der Waals surface area contributed by atoms with E-state index in [9.17, 15) is 4.79 Å². The molecule has 17 heavy (non-hydrogen) atoms. The third-order valence-corrected chi connectivity index (χ3v) is 3.18. The lowest BCUT2D eigenvalue weighted by Crippen LogP contribution is -2.36. The molecule has 0 bridgehead atoms. The maximum atomic E-state index is 11.8. The summed E-state index contributed by atoms with van der Waals surface area (Å²) >= 11 is 2.25. The molecular formula is C13H19IN2O. The van der Waals surface area contributed by atoms with Crippen LogP contribution in [0.3, 0.4) is 0 Å². The van der Waals surface area contributed by atoms with Crippen molar-refractivity contribution in [2.24, 2.45) is 11.7 Å². The monoisotopic (exact) mass is 346 g/mol. The Kier molecular flexibility index (Phi) is 5.39. The van der Waals surface area contributed by atoms with Gasteiger partial charge in [0.05, 0.1) is 6.04 Å². The summed E-state index contributed by atoms with van der Waals surface area (Å²) < 4.78 is 1.16. The van der Waals surface area contributed by atoms with E-state index in [-0.39, 0.29) is 5.91 Å². The minimum absolute atomic E-state index is 0.108. The molecule has 0 spiro atoms. The topological polar surface area (TPSA) is 55.1 Å². The molecule has 0 aromatic heterocycles. The molecule has 0 aliphatic rings. The Morgan fingerprint density at radius 1 is 1.47 bits per heavy atom. The zero-order valence-corrected chi connectivity index (χ0v) is 12.6. The number of hydrogen-bond donors (Lipinski definition) is 2. The lowest BCUT2D eigenvalue weighted by atomic mass is 10.0. The molecule has 1 unspecified atom stereocenters. The molecule has 0 aliphatic carbocycles. The van der Waals surface area contributed by atoms with Gasteiger partial charge in [-0.15, -0.1) is 0 Å². The van der Waals surface area contributed by atoms with Gasteiger partial charge in [0, 0.05) is 9.26 Å². The number of rotatable bonds is 4. The maximum absolute atomic E-state index is 11.8. The predicted octanol–water partition coefficient (Wildman–Crippen LogP) is 2.91. The number of hydrogen-bond acceptors (Lipinski definition) is 2. The largest absolute Gasteiger partial charge is 0.324 e. The van der Waals surface area contributed by atoms with E-state index in [1.807, 2.05) is 25.1 Å². The van der Waals surface area contributed by atoms with Crippen molar-refractivity contribution in [3.05, 3.63) is 27.3 Å². The van der Waals surface area contributed by atoms with Crippen LogP contribution in [0.25, 0.3) is 0 Å². The SMILES string of the molecule is Cc1cc(I)ccc1NC(=O)C(N)CC(C)C. The second kappa shape index (κ2) is 6.35. The molecule has 0 heterocycles. The Bertz CT molecular complexity index is 404. The molecule has 1 amide bonds. The Hall–Kier alpha value is -0.620. The van der Waals surface area contributed by atoms with E-state index in [0.29, 0.717) is 12.3 Å². The fourth-order valence-corrected chi connectivity index (χ4v) is 2.25. The number of halogens is 1. The molecule has 1 atom stereocenters. The van der Waals surface area contributed by atoms with Crippen molar-refractivity contribution in [1.82, 2.24) is 0 Å². The summed E-state index contributed by atoms with van der Waals surface area (Å²) in [4.78, 5) is 11.8. The fourth-order valence-electron chi connectivity index (χ4n) is 1.61. The summed E-state index contributed by atoms with van der Waals surface area (Å²) in [5.74, 6) is 0.316. The van der Waals surface area contributed by atoms with Crippen LogP contribution in [0.15, 0.2) is 18.2 Å². The highest BCUT2D eigenvalue weighted by Crippen LogP contribution is 2.18. The van der Waals surface area contributed by atoms with Gasteiger partial charge in [-0.3, -0.25) is 4.79 Å². The Labute approximate surface area is 116 Å². The first kappa shape index (κ1) is 14.4. The van der Waals surface area contributed by atoms with Gasteiger partial charge in [0.1, 0.15) is 0 Å². The van der Waals surface area contributed by atoms with Crippen LogP contribution >= 0.6 is 22.6 Å². The Morgan fingerprint density at radius 3 is 2.65 bits per heavy atom. The predicted molar refractivity (Wildman–Crippen MR) is 80.0 cm³/mol. The minimum atomic E-state index is -0.436. The summed E-state index contributed by atoms with van der Waals surface area (Å²) in [6, 6.07) is 5.48. The van der Waals surface area contributed by atoms with Crippen LogP contribution < -0.4 is 11.1 Å². The lowest BCUT2D eigenvalue weighted by Gasteiger charge is -2.15. The lowest BCUT2D eigenvalue weighted by molar-refractivity contribution is -0.117. The molecule has 0 saturated carbocycles. The molecule has 3 nitrogen and oxygen atoms in total. The molecule has 0 fully saturated rings. The number of nitrogens with two attached hydrogens (primary N) is 1. The van der Waals surface area contributed by atoms with Crippen molar-refractivity contribution in [1.29, 1.82) is 0 Å². The number of amides is 1. The van der Waals surface area contributed by atoms with E-state index in [2.05, 4.69) is 41.8 Å². The van der Waals surface area contributed by atoms with Crippen molar-refractivity contribution < 1.29 is 4.79 Å². The molecule has 0 saturated heterocycles. The number of nitrogens with one attached hydrogen (secondary N) is 1. The molecule has 94 valence electrons. The number of anilines is 1. The van der Waals surface area contributed by atoms with Gasteiger partial charge in [0.15, 0.2) is 0 Å². The first-order chi connectivity index (χ1) is 7.90. The van der Waals surface area contributed by atoms with Gasteiger partial charge < -0.3 is 11.1 Å². The van der Waals surface area contributed by atoms with Crippen LogP contribution in [-0.2, 0) is 4.79 Å². The van der Waals surface area contributed by atoms with Crippen LogP contribution in [0.5, 0.6) is 0 Å². The van der Waals surface area contributed by atoms with Crippen molar-refractivity contribution in [3.8, 4) is 0 Å². The van der Waals surface area contributed by atoms with Crippen LogP contribution in [0.4, 0.5) is 5.69 Å². The summed E-state index contributed by atoms with van der Waals surface area (Å²) in [5.41, 5.74) is 7.73. The van der Waals surface area contributed by atoms with Crippen LogP contribution in [-0.4, -0.2) is 11.9 Å². The zero-order valence-electron chi connectivity index (χ0n) is 10.5. The van der Waals surface area contributed by atoms with Crippen molar-refractivity contribution in [3.63, 3.8) is 0 Å². The standard InChI is InChI=1S/C13H19IN2O/c1-8(2)6-11(15)13(17)16-12-5-4-10(14)7-9(12)3/h4-5,7-8,11H,6,15H2,1-3H3,(H,16,17). The first-order valence-electron chi connectivity index (χ1n) is 5.72. The van der Waals surface area contributed by atoms with Crippen molar-refractivity contribution in [2.45, 2.75) is 33.2 Å². The van der Waals surface area contributed by atoms with E-state index >= 15 is 0 Å². The highest BCUT2D eigenvalue weighted by atomic mass is 127. The second-order valence-corrected chi connectivity index (χ2v) is 5.93. The maximum Gasteiger partial charge on any atom is 0.241 e. The smallest absolute Gasteiger partial charge is 0.241 e. The van der Waals surface area contributed by atoms with Gasteiger partial charge in [0.25, 0.3) is 0 Å². The third kappa shape index (κ3) is 4.63. The number of benzene rings is 1. The highest BCUT2D eigenvalue weighted by Gasteiger charge is 2.15. The minimum Gasteiger partial charge on any atom is -0.324 e. The van der Waals surface area contributed by atoms with Gasteiger partial charge in [0.2, 0.25) is 5.91 Å². The molecule has 0 aliphatic heterocycles. The quantitative estimate of drug-likeness (QED) is 0.824. The molecule has 1 rings (SSSR count). The second-order valence-electron chi connectivity index (χ2n) is 4.68. The molecular weight excluding hydrogens is 327 g/mol. The molecule has 1 aromatic carbocycles. The van der Waals surface area contributed by atoms with Crippen LogP contribution in [0.1, 0.15) is 25.8 Å². The van der Waals surface area contributed by atoms with Crippen molar-refractivity contribution >= 4 is 34.2 Å². The summed E-state index contributed by atoms with van der Waals surface area (Å²) in [5, 5.41) is 2.88. The number of carbonyl (C=O) groups is 1. The van der Waals surface area contributed by atoms with Gasteiger partial charge >= 0.3 is 0 Å². The average molecular weight is 346 g/mol. The average Bonchev–Trinajstić information content (AvgIpc) is 2.21. The number of aryl methyl sites for hydroxylation is 1. The molecule has 4 heteroatoms. The zero-order chi connectivity index (χ0) is 13.0. The normalized spacial score (nSPS) is 12.6. The van der Waals surface area contributed by atoms with Gasteiger partial charge in [-0.1, -0.05) is 13.8 Å². The first-order valence-corrected chi connectivity index (χ1v) is 6.80. The molecule has 3 N–H and O–H groups in total. The highest BCUT2D eigenvalue weighted by molar-refractivity contribution is 14.1. The van der Waals surface area contributed by atoms with Crippen LogP contribution in [0, 0.1) is 16.4 Å². The molecule has 1 aromatic rings. The third-order valence-electron chi connectivity index (χ3n) is 2.51. The summed E-state index contributed by atoms with van der Waals surface area (Å²) in [6.45, 7) is 6.10. The van der Waals surface area contributed by atoms with E-state index in [0.717, 1.165) is 14.8 Å². The van der Waals surface area contributed by atoms with Gasteiger partial charge in [-0.2, -0.15) is 0 Å². The van der Waals surface area contributed by atoms with Crippen molar-refractivity contribution in [2.75, 3.05) is 5.32 Å². The van der Waals surface area contributed by atoms with Crippen LogP contribution in [0.2, 0.25) is 0 Å². The van der Waals surface area contributed by atoms with E-state index in [1.165, 1.54) is 0 Å². The summed E-state index contributed by atoms with van der Waals surface area (Å²) in [6.07, 6.45) is 0.704. The summed E-state index contributed by atoms with van der Waals surface area (Å²) in [7, 11) is 0. The van der Waals surface area contributed by atoms with Gasteiger partial charge in [-0.25, -0.2) is 0 Å². The molecule has 0 radical (unpaired) electrons. The van der Waals surface area contributed by atoms with Gasteiger partial charge in [-0.05, 0) is 65.6 Å². The van der Waals surface area contributed by atoms with E-state index < -0.39 is 6.04 Å².